The minimum atomic E-state index is -0.744. The summed E-state index contributed by atoms with van der Waals surface area (Å²) in [5.41, 5.74) is 6.05. The Kier molecular flexibility index (Phi) is 5.73. The molecule has 0 atom stereocenters. The van der Waals surface area contributed by atoms with Crippen LogP contribution in [0.25, 0.3) is 10.2 Å². The van der Waals surface area contributed by atoms with Crippen LogP contribution in [0, 0.1) is 0 Å². The molecule has 140 valence electrons. The lowest BCUT2D eigenvalue weighted by Crippen LogP contribution is -2.24. The largest absolute Gasteiger partial charge is 0.506 e. The van der Waals surface area contributed by atoms with Crippen molar-refractivity contribution in [1.29, 1.82) is 0 Å². The number of amides is 2. The fourth-order valence-corrected chi connectivity index (χ4v) is 4.78. The molecule has 0 unspecified atom stereocenters. The van der Waals surface area contributed by atoms with Gasteiger partial charge < -0.3 is 21.1 Å². The van der Waals surface area contributed by atoms with Crippen molar-refractivity contribution in [3.63, 3.8) is 0 Å². The van der Waals surface area contributed by atoms with Gasteiger partial charge in [-0.05, 0) is 17.7 Å². The van der Waals surface area contributed by atoms with E-state index in [0.717, 1.165) is 34.7 Å². The van der Waals surface area contributed by atoms with Crippen LogP contribution in [0.4, 0.5) is 0 Å². The van der Waals surface area contributed by atoms with E-state index in [2.05, 4.69) is 10.3 Å². The molecule has 2 amide bonds. The third kappa shape index (κ3) is 4.44. The molecule has 2 aromatic heterocycles. The number of primary amides is 1. The molecule has 0 spiro atoms. The summed E-state index contributed by atoms with van der Waals surface area (Å²) in [7, 11) is 0. The Balaban J connectivity index is 1.72. The van der Waals surface area contributed by atoms with Gasteiger partial charge in [-0.2, -0.15) is 0 Å². The van der Waals surface area contributed by atoms with Gasteiger partial charge in [0.2, 0.25) is 5.91 Å². The third-order valence-corrected chi connectivity index (χ3v) is 6.34. The molecule has 3 aromatic rings. The van der Waals surface area contributed by atoms with Crippen LogP contribution < -0.4 is 16.6 Å². The first-order valence-electron chi connectivity index (χ1n) is 7.67. The normalized spacial score (nSPS) is 10.9. The lowest BCUT2D eigenvalue weighted by Gasteiger charge is -2.05. The molecule has 0 saturated heterocycles. The molecular weight excluding hydrogens is 410 g/mol. The number of benzene rings is 1. The van der Waals surface area contributed by atoms with Gasteiger partial charge >= 0.3 is 0 Å². The van der Waals surface area contributed by atoms with Crippen molar-refractivity contribution in [1.82, 2.24) is 10.3 Å². The molecule has 0 aliphatic carbocycles. The van der Waals surface area contributed by atoms with E-state index in [0.29, 0.717) is 20.5 Å². The second kappa shape index (κ2) is 8.03. The molecule has 0 saturated carbocycles. The Bertz CT molecular complexity index is 1080. The van der Waals surface area contributed by atoms with Crippen molar-refractivity contribution in [2.45, 2.75) is 10.8 Å². The Labute approximate surface area is 166 Å². The maximum atomic E-state index is 12.1. The van der Waals surface area contributed by atoms with E-state index in [1.165, 1.54) is 0 Å². The number of nitrogens with two attached hydrogens (primary N) is 1. The molecule has 0 fully saturated rings. The van der Waals surface area contributed by atoms with E-state index in [1.54, 1.807) is 12.1 Å². The number of pyridine rings is 1. The van der Waals surface area contributed by atoms with Crippen LogP contribution in [0.1, 0.15) is 15.9 Å². The van der Waals surface area contributed by atoms with Crippen LogP contribution in [0.5, 0.6) is 5.75 Å². The summed E-state index contributed by atoms with van der Waals surface area (Å²) in [6, 6.07) is 8.12. The van der Waals surface area contributed by atoms with Gasteiger partial charge in [-0.3, -0.25) is 14.4 Å². The van der Waals surface area contributed by atoms with Crippen molar-refractivity contribution >= 4 is 56.7 Å². The van der Waals surface area contributed by atoms with Gasteiger partial charge in [0.25, 0.3) is 11.5 Å². The van der Waals surface area contributed by atoms with E-state index >= 15 is 0 Å². The molecule has 3 rings (SSSR count). The number of aromatic amines is 1. The van der Waals surface area contributed by atoms with Crippen molar-refractivity contribution in [2.75, 3.05) is 5.75 Å². The molecule has 10 heteroatoms. The molecule has 2 heterocycles. The van der Waals surface area contributed by atoms with Gasteiger partial charge in [-0.25, -0.2) is 0 Å². The number of thiophene rings is 1. The first-order chi connectivity index (χ1) is 12.8. The Hall–Kier alpha value is -2.49. The van der Waals surface area contributed by atoms with Crippen LogP contribution in [0.3, 0.4) is 0 Å². The van der Waals surface area contributed by atoms with Gasteiger partial charge in [0.15, 0.2) is 0 Å². The second-order valence-electron chi connectivity index (χ2n) is 5.54. The third-order valence-electron chi connectivity index (χ3n) is 3.61. The van der Waals surface area contributed by atoms with Crippen LogP contribution in [-0.2, 0) is 11.3 Å². The van der Waals surface area contributed by atoms with E-state index in [-0.39, 0.29) is 28.5 Å². The number of halogens is 1. The average molecular weight is 424 g/mol. The van der Waals surface area contributed by atoms with Crippen molar-refractivity contribution in [3.05, 3.63) is 56.8 Å². The van der Waals surface area contributed by atoms with E-state index in [9.17, 15) is 19.5 Å². The number of aromatic hydroxyl groups is 1. The molecule has 0 radical (unpaired) electrons. The molecule has 0 bridgehead atoms. The number of hydrogen-bond donors (Lipinski definition) is 4. The highest BCUT2D eigenvalue weighted by molar-refractivity contribution is 8.02. The highest BCUT2D eigenvalue weighted by Gasteiger charge is 2.21. The van der Waals surface area contributed by atoms with Gasteiger partial charge in [-0.1, -0.05) is 23.7 Å². The smallest absolute Gasteiger partial charge is 0.252 e. The first kappa shape index (κ1) is 19.3. The summed E-state index contributed by atoms with van der Waals surface area (Å²) in [6.07, 6.45) is 0. The van der Waals surface area contributed by atoms with E-state index in [1.807, 2.05) is 12.1 Å². The Morgan fingerprint density at radius 1 is 1.30 bits per heavy atom. The summed E-state index contributed by atoms with van der Waals surface area (Å²) >= 11 is 8.03. The van der Waals surface area contributed by atoms with Gasteiger partial charge in [-0.15, -0.1) is 23.1 Å². The Morgan fingerprint density at radius 3 is 2.67 bits per heavy atom. The van der Waals surface area contributed by atoms with Gasteiger partial charge in [0.1, 0.15) is 5.75 Å². The number of rotatable bonds is 6. The van der Waals surface area contributed by atoms with E-state index < -0.39 is 11.5 Å². The number of carbonyl (C=O) groups is 2. The quantitative estimate of drug-likeness (QED) is 0.453. The Morgan fingerprint density at radius 2 is 2.00 bits per heavy atom. The van der Waals surface area contributed by atoms with Crippen molar-refractivity contribution in [2.24, 2.45) is 5.73 Å². The molecule has 1 aromatic carbocycles. The average Bonchev–Trinajstić information content (AvgIpc) is 2.98. The topological polar surface area (TPSA) is 125 Å². The van der Waals surface area contributed by atoms with Crippen LogP contribution in [0.2, 0.25) is 5.02 Å². The number of hydrogen-bond acceptors (Lipinski definition) is 6. The summed E-state index contributed by atoms with van der Waals surface area (Å²) in [5, 5.41) is 13.3. The fraction of sp³-hybridized carbons (Fsp3) is 0.118. The van der Waals surface area contributed by atoms with Crippen molar-refractivity contribution < 1.29 is 14.7 Å². The highest BCUT2D eigenvalue weighted by Crippen LogP contribution is 2.40. The number of fused-ring (bicyclic) bond motifs is 1. The minimum absolute atomic E-state index is 0.0473. The fourth-order valence-electron chi connectivity index (χ4n) is 2.37. The summed E-state index contributed by atoms with van der Waals surface area (Å²) < 4.78 is 0.795. The number of thioether (sulfide) groups is 1. The SMILES string of the molecule is NC(=O)c1c(SCC(=O)NCc2ccc(Cl)cc2)sc2c(O)cc(=O)[nH]c12. The zero-order valence-electron chi connectivity index (χ0n) is 13.7. The van der Waals surface area contributed by atoms with Crippen LogP contribution in [-0.4, -0.2) is 27.7 Å². The van der Waals surface area contributed by atoms with Crippen molar-refractivity contribution in [3.8, 4) is 5.75 Å². The van der Waals surface area contributed by atoms with Gasteiger partial charge in [0, 0.05) is 17.6 Å². The zero-order chi connectivity index (χ0) is 19.6. The number of carbonyl (C=O) groups excluding carboxylic acids is 2. The second-order valence-corrected chi connectivity index (χ2v) is 8.24. The predicted octanol–water partition coefficient (Wildman–Crippen LogP) is 2.46. The predicted molar refractivity (Wildman–Crippen MR) is 107 cm³/mol. The summed E-state index contributed by atoms with van der Waals surface area (Å²) in [4.78, 5) is 38.0. The zero-order valence-corrected chi connectivity index (χ0v) is 16.1. The number of H-pyrrole nitrogens is 1. The lowest BCUT2D eigenvalue weighted by molar-refractivity contribution is -0.118. The molecule has 5 N–H and O–H groups in total. The molecule has 27 heavy (non-hydrogen) atoms. The maximum Gasteiger partial charge on any atom is 0.252 e. The number of nitrogens with one attached hydrogen (secondary N) is 2. The van der Waals surface area contributed by atoms with E-state index in [4.69, 9.17) is 17.3 Å². The molecule has 0 aliphatic heterocycles. The minimum Gasteiger partial charge on any atom is -0.506 e. The molecule has 7 nitrogen and oxygen atoms in total. The highest BCUT2D eigenvalue weighted by atomic mass is 35.5. The number of aromatic nitrogens is 1. The van der Waals surface area contributed by atoms with Crippen LogP contribution >= 0.6 is 34.7 Å². The molecular formula is C17H14ClN3O4S2. The standard InChI is InChI=1S/C17H14ClN3O4S2/c18-9-3-1-8(2-4-9)6-20-12(24)7-26-17-13(16(19)25)14-15(27-17)10(22)5-11(23)21-14/h1-5H,6-7H2,(H2,19,25)(H,20,24)(H2,21,22,23). The summed E-state index contributed by atoms with van der Waals surface area (Å²) in [5.74, 6) is -1.17. The first-order valence-corrected chi connectivity index (χ1v) is 9.85. The monoisotopic (exact) mass is 423 g/mol. The summed E-state index contributed by atoms with van der Waals surface area (Å²) in [6.45, 7) is 0.347. The molecule has 0 aliphatic rings. The van der Waals surface area contributed by atoms with Crippen LogP contribution in [0.15, 0.2) is 39.3 Å². The maximum absolute atomic E-state index is 12.1. The lowest BCUT2D eigenvalue weighted by atomic mass is 10.2. The van der Waals surface area contributed by atoms with Gasteiger partial charge in [0.05, 0.1) is 25.7 Å².